The van der Waals surface area contributed by atoms with Crippen molar-refractivity contribution in [1.82, 2.24) is 0 Å². The lowest BCUT2D eigenvalue weighted by molar-refractivity contribution is 0.353. The number of aryl methyl sites for hydroxylation is 1. The fourth-order valence-electron chi connectivity index (χ4n) is 3.13. The molecule has 2 aromatic carbocycles. The highest BCUT2D eigenvalue weighted by Crippen LogP contribution is 2.37. The van der Waals surface area contributed by atoms with Crippen LogP contribution in [0.1, 0.15) is 16.7 Å². The van der Waals surface area contributed by atoms with E-state index in [9.17, 15) is 0 Å². The quantitative estimate of drug-likeness (QED) is 0.863. The fourth-order valence-corrected chi connectivity index (χ4v) is 3.13. The number of hydrogen-bond donors (Lipinski definition) is 0. The fraction of sp³-hybridized carbons (Fsp3) is 0.368. The molecule has 0 bridgehead atoms. The van der Waals surface area contributed by atoms with Crippen molar-refractivity contribution < 1.29 is 14.2 Å². The largest absolute Gasteiger partial charge is 0.495 e. The number of ether oxygens (including phenoxy) is 3. The van der Waals surface area contributed by atoms with Gasteiger partial charge in [0.15, 0.2) is 11.5 Å². The van der Waals surface area contributed by atoms with Gasteiger partial charge in [-0.2, -0.15) is 0 Å². The van der Waals surface area contributed by atoms with Crippen molar-refractivity contribution >= 4 is 5.69 Å². The zero-order valence-electron chi connectivity index (χ0n) is 14.2. The molecule has 0 aliphatic carbocycles. The SMILES string of the molecule is COc1cc2c(cc1OC)CN(c1ccc(C)cc1OC)CC2. The summed E-state index contributed by atoms with van der Waals surface area (Å²) in [5.41, 5.74) is 4.94. The Morgan fingerprint density at radius 3 is 2.13 bits per heavy atom. The predicted octanol–water partition coefficient (Wildman–Crippen LogP) is 3.58. The molecule has 0 N–H and O–H groups in total. The van der Waals surface area contributed by atoms with Crippen LogP contribution in [-0.4, -0.2) is 27.9 Å². The summed E-state index contributed by atoms with van der Waals surface area (Å²) >= 11 is 0. The van der Waals surface area contributed by atoms with Gasteiger partial charge in [0.2, 0.25) is 0 Å². The lowest BCUT2D eigenvalue weighted by Gasteiger charge is -2.32. The van der Waals surface area contributed by atoms with E-state index >= 15 is 0 Å². The van der Waals surface area contributed by atoms with Crippen LogP contribution in [0.15, 0.2) is 30.3 Å². The molecule has 0 saturated carbocycles. The normalized spacial score (nSPS) is 13.5. The van der Waals surface area contributed by atoms with Crippen molar-refractivity contribution in [3.63, 3.8) is 0 Å². The summed E-state index contributed by atoms with van der Waals surface area (Å²) in [4.78, 5) is 2.35. The molecule has 0 fully saturated rings. The first kappa shape index (κ1) is 15.5. The summed E-state index contributed by atoms with van der Waals surface area (Å²) in [5, 5.41) is 0. The van der Waals surface area contributed by atoms with Crippen molar-refractivity contribution in [3.05, 3.63) is 47.0 Å². The number of hydrogen-bond acceptors (Lipinski definition) is 4. The summed E-state index contributed by atoms with van der Waals surface area (Å²) < 4.78 is 16.4. The Kier molecular flexibility index (Phi) is 4.33. The van der Waals surface area contributed by atoms with Gasteiger partial charge in [0.25, 0.3) is 0 Å². The van der Waals surface area contributed by atoms with Gasteiger partial charge in [0, 0.05) is 13.1 Å². The minimum Gasteiger partial charge on any atom is -0.495 e. The van der Waals surface area contributed by atoms with Crippen LogP contribution in [0.25, 0.3) is 0 Å². The highest BCUT2D eigenvalue weighted by atomic mass is 16.5. The van der Waals surface area contributed by atoms with E-state index in [0.29, 0.717) is 0 Å². The third-order valence-corrected chi connectivity index (χ3v) is 4.39. The zero-order valence-corrected chi connectivity index (χ0v) is 14.2. The van der Waals surface area contributed by atoms with E-state index in [1.165, 1.54) is 16.7 Å². The Labute approximate surface area is 137 Å². The third-order valence-electron chi connectivity index (χ3n) is 4.39. The average Bonchev–Trinajstić information content (AvgIpc) is 2.59. The predicted molar refractivity (Wildman–Crippen MR) is 92.0 cm³/mol. The molecule has 1 aliphatic rings. The van der Waals surface area contributed by atoms with Crippen molar-refractivity contribution in [2.45, 2.75) is 19.9 Å². The van der Waals surface area contributed by atoms with Gasteiger partial charge in [-0.3, -0.25) is 0 Å². The van der Waals surface area contributed by atoms with Crippen LogP contribution >= 0.6 is 0 Å². The lowest BCUT2D eigenvalue weighted by atomic mass is 9.98. The van der Waals surface area contributed by atoms with E-state index in [1.807, 2.05) is 0 Å². The molecule has 0 amide bonds. The van der Waals surface area contributed by atoms with Crippen molar-refractivity contribution in [2.24, 2.45) is 0 Å². The van der Waals surface area contributed by atoms with Gasteiger partial charge < -0.3 is 19.1 Å². The third kappa shape index (κ3) is 2.93. The monoisotopic (exact) mass is 313 g/mol. The van der Waals surface area contributed by atoms with Crippen LogP contribution < -0.4 is 19.1 Å². The maximum absolute atomic E-state index is 5.56. The Hall–Kier alpha value is -2.36. The molecule has 2 aromatic rings. The summed E-state index contributed by atoms with van der Waals surface area (Å²) in [5.74, 6) is 2.51. The summed E-state index contributed by atoms with van der Waals surface area (Å²) in [7, 11) is 5.08. The lowest BCUT2D eigenvalue weighted by Crippen LogP contribution is -2.30. The van der Waals surface area contributed by atoms with Gasteiger partial charge in [-0.15, -0.1) is 0 Å². The second-order valence-electron chi connectivity index (χ2n) is 5.82. The Balaban J connectivity index is 1.94. The molecular weight excluding hydrogens is 290 g/mol. The Morgan fingerprint density at radius 2 is 1.48 bits per heavy atom. The molecule has 0 saturated heterocycles. The van der Waals surface area contributed by atoms with Crippen molar-refractivity contribution in [3.8, 4) is 17.2 Å². The number of nitrogens with zero attached hydrogens (tertiary/aromatic N) is 1. The van der Waals surface area contributed by atoms with Crippen LogP contribution in [0.2, 0.25) is 0 Å². The maximum Gasteiger partial charge on any atom is 0.161 e. The standard InChI is InChI=1S/C19H23NO3/c1-13-5-6-16(17(9-13)21-2)20-8-7-14-10-18(22-3)19(23-4)11-15(14)12-20/h5-6,9-11H,7-8,12H2,1-4H3. The smallest absolute Gasteiger partial charge is 0.161 e. The molecule has 0 aromatic heterocycles. The minimum absolute atomic E-state index is 0.781. The number of anilines is 1. The van der Waals surface area contributed by atoms with E-state index in [0.717, 1.165) is 42.4 Å². The molecule has 0 spiro atoms. The van der Waals surface area contributed by atoms with Crippen molar-refractivity contribution in [1.29, 1.82) is 0 Å². The highest BCUT2D eigenvalue weighted by molar-refractivity contribution is 5.61. The van der Waals surface area contributed by atoms with Crippen LogP contribution in [0, 0.1) is 6.92 Å². The molecule has 1 heterocycles. The Morgan fingerprint density at radius 1 is 0.826 bits per heavy atom. The molecule has 1 aliphatic heterocycles. The molecule has 122 valence electrons. The number of rotatable bonds is 4. The molecule has 4 heteroatoms. The second kappa shape index (κ2) is 6.41. The molecule has 23 heavy (non-hydrogen) atoms. The van der Waals surface area contributed by atoms with Gasteiger partial charge in [-0.25, -0.2) is 0 Å². The van der Waals surface area contributed by atoms with E-state index < -0.39 is 0 Å². The van der Waals surface area contributed by atoms with Crippen LogP contribution in [-0.2, 0) is 13.0 Å². The first-order chi connectivity index (χ1) is 11.2. The summed E-state index contributed by atoms with van der Waals surface area (Å²) in [6.45, 7) is 3.88. The number of methoxy groups -OCH3 is 3. The first-order valence-electron chi connectivity index (χ1n) is 7.79. The van der Waals surface area contributed by atoms with Gasteiger partial charge in [0.1, 0.15) is 5.75 Å². The van der Waals surface area contributed by atoms with Gasteiger partial charge >= 0.3 is 0 Å². The molecule has 0 radical (unpaired) electrons. The molecule has 0 atom stereocenters. The van der Waals surface area contributed by atoms with E-state index in [-0.39, 0.29) is 0 Å². The highest BCUT2D eigenvalue weighted by Gasteiger charge is 2.21. The molecule has 0 unspecified atom stereocenters. The van der Waals surface area contributed by atoms with E-state index in [2.05, 4.69) is 42.2 Å². The number of benzene rings is 2. The van der Waals surface area contributed by atoms with Crippen LogP contribution in [0.3, 0.4) is 0 Å². The van der Waals surface area contributed by atoms with Gasteiger partial charge in [0.05, 0.1) is 27.0 Å². The molecule has 4 nitrogen and oxygen atoms in total. The molecule has 3 rings (SSSR count). The van der Waals surface area contributed by atoms with Gasteiger partial charge in [-0.1, -0.05) is 6.07 Å². The Bertz CT molecular complexity index is 712. The maximum atomic E-state index is 5.56. The number of fused-ring (bicyclic) bond motifs is 1. The summed E-state index contributed by atoms with van der Waals surface area (Å²) in [6.07, 6.45) is 0.979. The van der Waals surface area contributed by atoms with Crippen LogP contribution in [0.5, 0.6) is 17.2 Å². The van der Waals surface area contributed by atoms with E-state index in [4.69, 9.17) is 14.2 Å². The second-order valence-corrected chi connectivity index (χ2v) is 5.82. The first-order valence-corrected chi connectivity index (χ1v) is 7.79. The average molecular weight is 313 g/mol. The van der Waals surface area contributed by atoms with Crippen molar-refractivity contribution in [2.75, 3.05) is 32.8 Å². The van der Waals surface area contributed by atoms with Gasteiger partial charge in [-0.05, 0) is 54.3 Å². The zero-order chi connectivity index (χ0) is 16.4. The van der Waals surface area contributed by atoms with E-state index in [1.54, 1.807) is 21.3 Å². The molecular formula is C19H23NO3. The minimum atomic E-state index is 0.781. The topological polar surface area (TPSA) is 30.9 Å². The summed E-state index contributed by atoms with van der Waals surface area (Å²) in [6, 6.07) is 10.5. The van der Waals surface area contributed by atoms with Crippen LogP contribution in [0.4, 0.5) is 5.69 Å².